The van der Waals surface area contributed by atoms with Gasteiger partial charge in [-0.15, -0.1) is 0 Å². The molecule has 0 saturated carbocycles. The summed E-state index contributed by atoms with van der Waals surface area (Å²) in [5, 5.41) is 11.7. The van der Waals surface area contributed by atoms with Crippen LogP contribution in [0.3, 0.4) is 0 Å². The number of aliphatic carboxylic acids is 1. The fourth-order valence-corrected chi connectivity index (χ4v) is 4.32. The van der Waals surface area contributed by atoms with Crippen LogP contribution in [0.25, 0.3) is 11.1 Å². The highest BCUT2D eigenvalue weighted by atomic mass is 35.5. The van der Waals surface area contributed by atoms with Crippen LogP contribution < -0.4 is 5.32 Å². The minimum Gasteiger partial charge on any atom is -0.481 e. The zero-order chi connectivity index (χ0) is 22.0. The van der Waals surface area contributed by atoms with Crippen LogP contribution in [0.4, 0.5) is 9.18 Å². The van der Waals surface area contributed by atoms with Crippen LogP contribution in [-0.4, -0.2) is 23.8 Å². The number of carboxylic acid groups (broad SMARTS) is 1. The molecule has 7 heteroatoms. The molecule has 0 unspecified atom stereocenters. The second-order valence-electron chi connectivity index (χ2n) is 7.26. The lowest BCUT2D eigenvalue weighted by Gasteiger charge is -2.20. The highest BCUT2D eigenvalue weighted by Gasteiger charge is 2.30. The Kier molecular flexibility index (Phi) is 5.91. The average Bonchev–Trinajstić information content (AvgIpc) is 3.05. The van der Waals surface area contributed by atoms with E-state index in [1.54, 1.807) is 0 Å². The molecule has 1 aliphatic rings. The van der Waals surface area contributed by atoms with Crippen LogP contribution in [0, 0.1) is 5.82 Å². The largest absolute Gasteiger partial charge is 0.481 e. The van der Waals surface area contributed by atoms with Crippen LogP contribution in [-0.2, 0) is 9.53 Å². The van der Waals surface area contributed by atoms with E-state index < -0.39 is 30.3 Å². The van der Waals surface area contributed by atoms with E-state index in [9.17, 15) is 19.1 Å². The Bertz CT molecular complexity index is 1080. The summed E-state index contributed by atoms with van der Waals surface area (Å²) in [5.74, 6) is -2.05. The molecule has 0 spiro atoms. The quantitative estimate of drug-likeness (QED) is 0.529. The van der Waals surface area contributed by atoms with Gasteiger partial charge >= 0.3 is 12.1 Å². The maximum absolute atomic E-state index is 14.3. The minimum absolute atomic E-state index is 0.0326. The maximum atomic E-state index is 14.3. The van der Waals surface area contributed by atoms with Crippen LogP contribution >= 0.6 is 11.6 Å². The smallest absolute Gasteiger partial charge is 0.407 e. The zero-order valence-electron chi connectivity index (χ0n) is 16.3. The molecule has 158 valence electrons. The summed E-state index contributed by atoms with van der Waals surface area (Å²) in [6.07, 6.45) is -1.38. The predicted molar refractivity (Wildman–Crippen MR) is 115 cm³/mol. The lowest BCUT2D eigenvalue weighted by Crippen LogP contribution is -2.32. The average molecular weight is 440 g/mol. The van der Waals surface area contributed by atoms with Gasteiger partial charge in [0.1, 0.15) is 12.4 Å². The number of carbonyl (C=O) groups excluding carboxylic acids is 1. The molecule has 0 aromatic heterocycles. The molecule has 4 rings (SSSR count). The number of carbonyl (C=O) groups is 2. The number of hydrogen-bond donors (Lipinski definition) is 2. The molecule has 5 nitrogen and oxygen atoms in total. The van der Waals surface area contributed by atoms with Crippen LogP contribution in [0.5, 0.6) is 0 Å². The topological polar surface area (TPSA) is 75.6 Å². The van der Waals surface area contributed by atoms with Gasteiger partial charge in [-0.3, -0.25) is 4.79 Å². The Labute approximate surface area is 183 Å². The molecule has 3 aromatic rings. The van der Waals surface area contributed by atoms with Crippen LogP contribution in [0.15, 0.2) is 66.7 Å². The van der Waals surface area contributed by atoms with E-state index >= 15 is 0 Å². The first kappa shape index (κ1) is 20.9. The Morgan fingerprint density at radius 2 is 1.61 bits per heavy atom. The Morgan fingerprint density at radius 1 is 1.00 bits per heavy atom. The molecule has 0 saturated heterocycles. The first-order valence-electron chi connectivity index (χ1n) is 9.73. The van der Waals surface area contributed by atoms with Crippen molar-refractivity contribution < 1.29 is 23.8 Å². The number of nitrogens with one attached hydrogen (secondary N) is 1. The fraction of sp³-hybridized carbons (Fsp3) is 0.167. The van der Waals surface area contributed by atoms with Crippen molar-refractivity contribution in [3.63, 3.8) is 0 Å². The van der Waals surface area contributed by atoms with Gasteiger partial charge in [0, 0.05) is 16.5 Å². The third-order valence-electron chi connectivity index (χ3n) is 5.36. The van der Waals surface area contributed by atoms with E-state index in [1.807, 2.05) is 48.5 Å². The summed E-state index contributed by atoms with van der Waals surface area (Å²) in [6, 6.07) is 18.7. The van der Waals surface area contributed by atoms with Crippen LogP contribution in [0.1, 0.15) is 35.1 Å². The van der Waals surface area contributed by atoms with Crippen molar-refractivity contribution in [3.8, 4) is 11.1 Å². The van der Waals surface area contributed by atoms with Gasteiger partial charge in [-0.2, -0.15) is 0 Å². The maximum Gasteiger partial charge on any atom is 0.407 e. The molecule has 0 aliphatic heterocycles. The molecule has 0 heterocycles. The lowest BCUT2D eigenvalue weighted by molar-refractivity contribution is -0.137. The number of alkyl carbamates (subject to hydrolysis) is 1. The molecule has 1 amide bonds. The number of halogens is 2. The summed E-state index contributed by atoms with van der Waals surface area (Å²) in [7, 11) is 0. The van der Waals surface area contributed by atoms with Crippen molar-refractivity contribution in [2.24, 2.45) is 0 Å². The van der Waals surface area contributed by atoms with Gasteiger partial charge in [-0.25, -0.2) is 9.18 Å². The molecule has 0 fully saturated rings. The highest BCUT2D eigenvalue weighted by Crippen LogP contribution is 2.44. The number of ether oxygens (including phenoxy) is 1. The van der Waals surface area contributed by atoms with E-state index in [0.29, 0.717) is 0 Å². The number of hydrogen-bond acceptors (Lipinski definition) is 3. The van der Waals surface area contributed by atoms with Crippen molar-refractivity contribution in [1.29, 1.82) is 0 Å². The predicted octanol–water partition coefficient (Wildman–Crippen LogP) is 5.53. The summed E-state index contributed by atoms with van der Waals surface area (Å²) < 4.78 is 19.7. The number of rotatable bonds is 6. The molecule has 31 heavy (non-hydrogen) atoms. The van der Waals surface area contributed by atoms with E-state index in [0.717, 1.165) is 28.3 Å². The van der Waals surface area contributed by atoms with Gasteiger partial charge in [0.25, 0.3) is 0 Å². The molecule has 0 radical (unpaired) electrons. The fourth-order valence-electron chi connectivity index (χ4n) is 4.03. The monoisotopic (exact) mass is 439 g/mol. The normalized spacial score (nSPS) is 13.2. The zero-order valence-corrected chi connectivity index (χ0v) is 17.1. The first-order valence-corrected chi connectivity index (χ1v) is 10.1. The Balaban J connectivity index is 1.51. The van der Waals surface area contributed by atoms with E-state index in [1.165, 1.54) is 12.1 Å². The number of amides is 1. The van der Waals surface area contributed by atoms with Gasteiger partial charge < -0.3 is 15.2 Å². The summed E-state index contributed by atoms with van der Waals surface area (Å²) in [5.41, 5.74) is 4.20. The van der Waals surface area contributed by atoms with E-state index in [4.69, 9.17) is 16.3 Å². The van der Waals surface area contributed by atoms with Gasteiger partial charge in [-0.1, -0.05) is 66.2 Å². The summed E-state index contributed by atoms with van der Waals surface area (Å²) >= 11 is 6.06. The molecular weight excluding hydrogens is 421 g/mol. The molecule has 3 aromatic carbocycles. The van der Waals surface area contributed by atoms with Crippen molar-refractivity contribution in [3.05, 3.63) is 94.3 Å². The molecule has 1 aliphatic carbocycles. The minimum atomic E-state index is -1.21. The lowest BCUT2D eigenvalue weighted by atomic mass is 9.98. The van der Waals surface area contributed by atoms with Gasteiger partial charge in [-0.05, 0) is 34.4 Å². The van der Waals surface area contributed by atoms with E-state index in [-0.39, 0.29) is 23.1 Å². The first-order chi connectivity index (χ1) is 15.0. The third-order valence-corrected chi connectivity index (χ3v) is 5.69. The van der Waals surface area contributed by atoms with Gasteiger partial charge in [0.2, 0.25) is 0 Å². The Morgan fingerprint density at radius 3 is 2.19 bits per heavy atom. The van der Waals surface area contributed by atoms with Crippen molar-refractivity contribution in [1.82, 2.24) is 5.32 Å². The summed E-state index contributed by atoms with van der Waals surface area (Å²) in [4.78, 5) is 23.8. The standard InChI is InChI=1S/C24H19ClFNO4/c25-19-10-5-11-20(26)23(19)21(12-22(28)29)27-24(30)31-13-18-16-8-3-1-6-14(16)15-7-2-4-9-17(15)18/h1-11,18,21H,12-13H2,(H,27,30)(H,28,29)/t21-/m0/s1. The molecule has 2 N–H and O–H groups in total. The van der Waals surface area contributed by atoms with Crippen molar-refractivity contribution in [2.45, 2.75) is 18.4 Å². The molecular formula is C24H19ClFNO4. The second kappa shape index (κ2) is 8.78. The number of benzene rings is 3. The number of fused-ring (bicyclic) bond motifs is 3. The van der Waals surface area contributed by atoms with Crippen LogP contribution in [0.2, 0.25) is 5.02 Å². The van der Waals surface area contributed by atoms with Crippen molar-refractivity contribution >= 4 is 23.7 Å². The van der Waals surface area contributed by atoms with Crippen molar-refractivity contribution in [2.75, 3.05) is 6.61 Å². The third kappa shape index (κ3) is 4.25. The van der Waals surface area contributed by atoms with E-state index in [2.05, 4.69) is 5.32 Å². The highest BCUT2D eigenvalue weighted by molar-refractivity contribution is 6.31. The summed E-state index contributed by atoms with van der Waals surface area (Å²) in [6.45, 7) is 0.0602. The number of carboxylic acids is 1. The Hall–Kier alpha value is -3.38. The molecule has 1 atom stereocenters. The second-order valence-corrected chi connectivity index (χ2v) is 7.66. The SMILES string of the molecule is O=C(O)C[C@H](NC(=O)OCC1c2ccccc2-c2ccccc21)c1c(F)cccc1Cl. The van der Waals surface area contributed by atoms with Gasteiger partial charge in [0.15, 0.2) is 0 Å². The van der Waals surface area contributed by atoms with Gasteiger partial charge in [0.05, 0.1) is 12.5 Å². The molecule has 0 bridgehead atoms.